The zero-order valence-electron chi connectivity index (χ0n) is 17.1. The predicted molar refractivity (Wildman–Crippen MR) is 113 cm³/mol. The summed E-state index contributed by atoms with van der Waals surface area (Å²) in [7, 11) is 0. The van der Waals surface area contributed by atoms with Gasteiger partial charge in [0, 0.05) is 11.8 Å². The Morgan fingerprint density at radius 1 is 0.963 bits per heavy atom. The quantitative estimate of drug-likeness (QED) is 0.651. The number of benzene rings is 2. The third-order valence-corrected chi connectivity index (χ3v) is 6.87. The van der Waals surface area contributed by atoms with Crippen molar-refractivity contribution in [3.63, 3.8) is 0 Å². The molecule has 0 amide bonds. The maximum atomic E-state index is 11.2. The van der Waals surface area contributed by atoms with Crippen molar-refractivity contribution < 1.29 is 4.79 Å². The molecule has 0 saturated carbocycles. The summed E-state index contributed by atoms with van der Waals surface area (Å²) in [6.07, 6.45) is 4.04. The third-order valence-electron chi connectivity index (χ3n) is 6.87. The Hall–Kier alpha value is -1.93. The van der Waals surface area contributed by atoms with Crippen molar-refractivity contribution in [3.05, 3.63) is 71.8 Å². The lowest BCUT2D eigenvalue weighted by Gasteiger charge is -2.52. The summed E-state index contributed by atoms with van der Waals surface area (Å²) >= 11 is 0. The van der Waals surface area contributed by atoms with Crippen LogP contribution < -0.4 is 0 Å². The summed E-state index contributed by atoms with van der Waals surface area (Å²) in [5.41, 5.74) is 3.00. The molecule has 0 bridgehead atoms. The molecule has 2 aromatic carbocycles. The molecule has 1 saturated heterocycles. The minimum atomic E-state index is -0.0129. The van der Waals surface area contributed by atoms with Crippen molar-refractivity contribution in [3.8, 4) is 0 Å². The van der Waals surface area contributed by atoms with Crippen molar-refractivity contribution in [2.45, 2.75) is 51.9 Å². The van der Waals surface area contributed by atoms with E-state index in [1.807, 2.05) is 0 Å². The van der Waals surface area contributed by atoms with Crippen LogP contribution in [-0.2, 0) is 10.2 Å². The summed E-state index contributed by atoms with van der Waals surface area (Å²) in [6.45, 7) is 9.87. The van der Waals surface area contributed by atoms with Gasteiger partial charge in [-0.05, 0) is 62.4 Å². The second-order valence-electron chi connectivity index (χ2n) is 8.56. The van der Waals surface area contributed by atoms with Crippen LogP contribution in [-0.4, -0.2) is 30.3 Å². The fourth-order valence-corrected chi connectivity index (χ4v) is 4.73. The van der Waals surface area contributed by atoms with Gasteiger partial charge in [-0.3, -0.25) is 0 Å². The van der Waals surface area contributed by atoms with Crippen molar-refractivity contribution in [2.75, 3.05) is 19.6 Å². The smallest absolute Gasteiger partial charge is 0.129 e. The maximum absolute atomic E-state index is 11.2. The number of carbonyl (C=O) groups is 1. The van der Waals surface area contributed by atoms with Gasteiger partial charge in [0.1, 0.15) is 5.78 Å². The molecule has 3 rings (SSSR count). The highest BCUT2D eigenvalue weighted by molar-refractivity contribution is 5.75. The van der Waals surface area contributed by atoms with Crippen LogP contribution in [0.4, 0.5) is 0 Å². The Bertz CT molecular complexity index is 690. The van der Waals surface area contributed by atoms with E-state index in [0.717, 1.165) is 26.1 Å². The molecule has 1 fully saturated rings. The van der Waals surface area contributed by atoms with Crippen molar-refractivity contribution in [1.82, 2.24) is 4.90 Å². The highest BCUT2D eigenvalue weighted by Crippen LogP contribution is 2.52. The number of rotatable bonds is 7. The van der Waals surface area contributed by atoms with E-state index in [-0.39, 0.29) is 10.8 Å². The maximum Gasteiger partial charge on any atom is 0.129 e. The van der Waals surface area contributed by atoms with Crippen molar-refractivity contribution >= 4 is 5.78 Å². The van der Waals surface area contributed by atoms with Crippen LogP contribution in [0.1, 0.15) is 57.6 Å². The summed E-state index contributed by atoms with van der Waals surface area (Å²) in [6, 6.07) is 22.0. The molecular weight excluding hydrogens is 330 g/mol. The lowest BCUT2D eigenvalue weighted by molar-refractivity contribution is -0.117. The number of piperidine rings is 1. The number of carbonyl (C=O) groups excluding carboxylic acids is 1. The Balaban J connectivity index is 1.83. The molecule has 0 aromatic heterocycles. The topological polar surface area (TPSA) is 20.3 Å². The summed E-state index contributed by atoms with van der Waals surface area (Å²) in [5.74, 6) is 0.303. The lowest BCUT2D eigenvalue weighted by Crippen LogP contribution is -2.50. The van der Waals surface area contributed by atoms with E-state index in [1.165, 1.54) is 24.0 Å². The van der Waals surface area contributed by atoms with Gasteiger partial charge in [-0.1, -0.05) is 74.5 Å². The van der Waals surface area contributed by atoms with Crippen molar-refractivity contribution in [1.29, 1.82) is 0 Å². The van der Waals surface area contributed by atoms with Crippen LogP contribution in [0, 0.1) is 5.41 Å². The summed E-state index contributed by atoms with van der Waals surface area (Å²) < 4.78 is 0. The largest absolute Gasteiger partial charge is 0.303 e. The SMILES string of the molecule is CC(=O)CCCN1CCC(C)(C(C)(c2ccccc2)c2ccccc2)CC1. The molecule has 2 nitrogen and oxygen atoms in total. The first-order valence-electron chi connectivity index (χ1n) is 10.3. The van der Waals surface area contributed by atoms with Crippen LogP contribution >= 0.6 is 0 Å². The van der Waals surface area contributed by atoms with Gasteiger partial charge in [-0.25, -0.2) is 0 Å². The number of hydrogen-bond donors (Lipinski definition) is 0. The minimum absolute atomic E-state index is 0.0129. The molecule has 144 valence electrons. The van der Waals surface area contributed by atoms with Crippen LogP contribution in [0.5, 0.6) is 0 Å². The van der Waals surface area contributed by atoms with Crippen LogP contribution in [0.25, 0.3) is 0 Å². The van der Waals surface area contributed by atoms with E-state index in [2.05, 4.69) is 79.4 Å². The van der Waals surface area contributed by atoms with Gasteiger partial charge in [0.15, 0.2) is 0 Å². The molecule has 0 aliphatic carbocycles. The second-order valence-corrected chi connectivity index (χ2v) is 8.56. The molecular formula is C25H33NO. The Labute approximate surface area is 164 Å². The first-order chi connectivity index (χ1) is 13.0. The number of hydrogen-bond acceptors (Lipinski definition) is 2. The van der Waals surface area contributed by atoms with Gasteiger partial charge in [0.2, 0.25) is 0 Å². The van der Waals surface area contributed by atoms with Gasteiger partial charge >= 0.3 is 0 Å². The van der Waals surface area contributed by atoms with E-state index in [9.17, 15) is 4.79 Å². The normalized spacial score (nSPS) is 17.6. The van der Waals surface area contributed by atoms with Gasteiger partial charge < -0.3 is 9.69 Å². The fraction of sp³-hybridized carbons (Fsp3) is 0.480. The molecule has 0 unspecified atom stereocenters. The molecule has 1 heterocycles. The number of nitrogens with zero attached hydrogens (tertiary/aromatic N) is 1. The van der Waals surface area contributed by atoms with E-state index < -0.39 is 0 Å². The molecule has 2 heteroatoms. The molecule has 1 aliphatic rings. The molecule has 0 atom stereocenters. The molecule has 2 aromatic rings. The molecule has 0 spiro atoms. The zero-order chi connectivity index (χ0) is 19.3. The average Bonchev–Trinajstić information content (AvgIpc) is 2.70. The Kier molecular flexibility index (Phi) is 6.16. The molecule has 1 aliphatic heterocycles. The monoisotopic (exact) mass is 363 g/mol. The first kappa shape index (κ1) is 19.8. The predicted octanol–water partition coefficient (Wildman–Crippen LogP) is 5.46. The highest BCUT2D eigenvalue weighted by Gasteiger charge is 2.48. The van der Waals surface area contributed by atoms with Crippen LogP contribution in [0.3, 0.4) is 0 Å². The van der Waals surface area contributed by atoms with Gasteiger partial charge in [-0.2, -0.15) is 0 Å². The number of likely N-dealkylation sites (tertiary alicyclic amines) is 1. The Morgan fingerprint density at radius 3 is 1.89 bits per heavy atom. The summed E-state index contributed by atoms with van der Waals surface area (Å²) in [5, 5.41) is 0. The first-order valence-corrected chi connectivity index (χ1v) is 10.3. The van der Waals surface area contributed by atoms with E-state index in [4.69, 9.17) is 0 Å². The zero-order valence-corrected chi connectivity index (χ0v) is 17.1. The molecule has 0 N–H and O–H groups in total. The van der Waals surface area contributed by atoms with Crippen LogP contribution in [0.2, 0.25) is 0 Å². The average molecular weight is 364 g/mol. The lowest BCUT2D eigenvalue weighted by atomic mass is 9.55. The molecule has 0 radical (unpaired) electrons. The number of ketones is 1. The van der Waals surface area contributed by atoms with Gasteiger partial charge in [0.25, 0.3) is 0 Å². The minimum Gasteiger partial charge on any atom is -0.303 e. The Morgan fingerprint density at radius 2 is 1.44 bits per heavy atom. The van der Waals surface area contributed by atoms with E-state index in [0.29, 0.717) is 12.2 Å². The third kappa shape index (κ3) is 4.16. The van der Waals surface area contributed by atoms with Gasteiger partial charge in [-0.15, -0.1) is 0 Å². The fourth-order valence-electron chi connectivity index (χ4n) is 4.73. The highest BCUT2D eigenvalue weighted by atomic mass is 16.1. The van der Waals surface area contributed by atoms with Gasteiger partial charge in [0.05, 0.1) is 0 Å². The van der Waals surface area contributed by atoms with E-state index >= 15 is 0 Å². The summed E-state index contributed by atoms with van der Waals surface area (Å²) in [4.78, 5) is 13.8. The number of Topliss-reactive ketones (excluding diaryl/α,β-unsaturated/α-hetero) is 1. The van der Waals surface area contributed by atoms with Crippen LogP contribution in [0.15, 0.2) is 60.7 Å². The standard InChI is InChI=1S/C25H33NO/c1-21(27)11-10-18-26-19-16-24(2,17-20-26)25(3,22-12-6-4-7-13-22)23-14-8-5-9-15-23/h4-9,12-15H,10-11,16-20H2,1-3H3. The second kappa shape index (κ2) is 8.39. The molecule has 27 heavy (non-hydrogen) atoms. The van der Waals surface area contributed by atoms with Crippen molar-refractivity contribution in [2.24, 2.45) is 5.41 Å². The van der Waals surface area contributed by atoms with E-state index in [1.54, 1.807) is 6.92 Å².